The molecule has 0 radical (unpaired) electrons. The van der Waals surface area contributed by atoms with E-state index in [9.17, 15) is 22.4 Å². The average Bonchev–Trinajstić information content (AvgIpc) is 2.91. The Hall–Kier alpha value is -3.62. The van der Waals surface area contributed by atoms with Crippen LogP contribution in [0.1, 0.15) is 60.4 Å². The highest BCUT2D eigenvalue weighted by molar-refractivity contribution is 5.96. The van der Waals surface area contributed by atoms with Crippen molar-refractivity contribution < 1.29 is 31.8 Å². The van der Waals surface area contributed by atoms with Gasteiger partial charge in [0, 0.05) is 25.6 Å². The van der Waals surface area contributed by atoms with Crippen LogP contribution in [0.15, 0.2) is 54.6 Å². The minimum Gasteiger partial charge on any atom is -0.496 e. The van der Waals surface area contributed by atoms with Crippen LogP contribution in [0.3, 0.4) is 0 Å². The number of fused-ring (bicyclic) bond motifs is 1. The number of rotatable bonds is 6. The van der Waals surface area contributed by atoms with Crippen molar-refractivity contribution in [2.45, 2.75) is 53.4 Å². The van der Waals surface area contributed by atoms with Crippen LogP contribution < -0.4 is 9.47 Å². The first-order valence-corrected chi connectivity index (χ1v) is 12.1. The second-order valence-corrected chi connectivity index (χ2v) is 7.57. The van der Waals surface area contributed by atoms with Crippen molar-refractivity contribution in [2.24, 2.45) is 0 Å². The van der Waals surface area contributed by atoms with Crippen molar-refractivity contribution in [2.75, 3.05) is 13.7 Å². The Kier molecular flexibility index (Phi) is 10.9. The van der Waals surface area contributed by atoms with Gasteiger partial charge in [0.25, 0.3) is 5.91 Å². The molecule has 1 aliphatic rings. The fraction of sp³-hybridized carbons (Fsp3) is 0.357. The predicted octanol–water partition coefficient (Wildman–Crippen LogP) is 7.08. The molecule has 0 saturated carbocycles. The maximum absolute atomic E-state index is 13.3. The molecular weight excluding hydrogens is 488 g/mol. The van der Waals surface area contributed by atoms with E-state index in [1.807, 2.05) is 27.7 Å². The number of carbonyl (C=O) groups is 1. The predicted molar refractivity (Wildman–Crippen MR) is 134 cm³/mol. The number of aromatic nitrogens is 1. The number of ether oxygens (including phenoxy) is 2. The van der Waals surface area contributed by atoms with E-state index >= 15 is 0 Å². The lowest BCUT2D eigenvalue weighted by molar-refractivity contribution is -0.138. The third-order valence-corrected chi connectivity index (χ3v) is 5.30. The van der Waals surface area contributed by atoms with Gasteiger partial charge in [0.15, 0.2) is 0 Å². The molecule has 0 bridgehead atoms. The Morgan fingerprint density at radius 1 is 0.973 bits per heavy atom. The highest BCUT2D eigenvalue weighted by Crippen LogP contribution is 2.37. The zero-order valence-electron chi connectivity index (χ0n) is 21.7. The molecule has 37 heavy (non-hydrogen) atoms. The van der Waals surface area contributed by atoms with Gasteiger partial charge in [0.2, 0.25) is 5.88 Å². The summed E-state index contributed by atoms with van der Waals surface area (Å²) in [5, 5.41) is 0. The Morgan fingerprint density at radius 2 is 1.70 bits per heavy atom. The number of nitrogens with zero attached hydrogens (tertiary/aromatic N) is 2. The lowest BCUT2D eigenvalue weighted by atomic mass is 10.0. The number of alkyl halides is 3. The van der Waals surface area contributed by atoms with Crippen LogP contribution >= 0.6 is 0 Å². The van der Waals surface area contributed by atoms with Gasteiger partial charge in [-0.15, -0.1) is 0 Å². The van der Waals surface area contributed by atoms with Gasteiger partial charge in [-0.2, -0.15) is 13.2 Å². The number of amides is 1. The van der Waals surface area contributed by atoms with E-state index < -0.39 is 11.7 Å². The smallest absolute Gasteiger partial charge is 0.419 e. The molecule has 2 heterocycles. The quantitative estimate of drug-likeness (QED) is 0.326. The van der Waals surface area contributed by atoms with Gasteiger partial charge in [-0.1, -0.05) is 45.9 Å². The zero-order valence-corrected chi connectivity index (χ0v) is 21.7. The number of halogens is 4. The highest BCUT2D eigenvalue weighted by Gasteiger charge is 2.35. The molecule has 0 aliphatic carbocycles. The van der Waals surface area contributed by atoms with Crippen LogP contribution in [0.2, 0.25) is 0 Å². The lowest BCUT2D eigenvalue weighted by Crippen LogP contribution is -2.37. The van der Waals surface area contributed by atoms with Crippen LogP contribution in [0.5, 0.6) is 11.6 Å². The summed E-state index contributed by atoms with van der Waals surface area (Å²) in [6.45, 7) is 8.46. The zero-order chi connectivity index (χ0) is 27.6. The summed E-state index contributed by atoms with van der Waals surface area (Å²) in [6.07, 6.45) is -4.13. The normalized spacial score (nSPS) is 12.5. The van der Waals surface area contributed by atoms with Gasteiger partial charge in [-0.25, -0.2) is 9.37 Å². The molecule has 9 heteroatoms. The van der Waals surface area contributed by atoms with E-state index in [0.29, 0.717) is 41.2 Å². The first-order chi connectivity index (χ1) is 17.7. The van der Waals surface area contributed by atoms with Crippen molar-refractivity contribution in [1.82, 2.24) is 9.88 Å². The molecule has 0 spiro atoms. The minimum atomic E-state index is -4.56. The summed E-state index contributed by atoms with van der Waals surface area (Å²) in [5.41, 5.74) is 1.05. The van der Waals surface area contributed by atoms with E-state index in [4.69, 9.17) is 9.47 Å². The molecule has 0 atom stereocenters. The lowest BCUT2D eigenvalue weighted by Gasteiger charge is -2.28. The van der Waals surface area contributed by atoms with E-state index in [2.05, 4.69) is 4.98 Å². The fourth-order valence-corrected chi connectivity index (χ4v) is 3.69. The molecule has 1 amide bonds. The van der Waals surface area contributed by atoms with Crippen LogP contribution in [0, 0.1) is 5.82 Å². The van der Waals surface area contributed by atoms with Crippen LogP contribution in [0.4, 0.5) is 17.6 Å². The maximum Gasteiger partial charge on any atom is 0.419 e. The molecule has 200 valence electrons. The van der Waals surface area contributed by atoms with Gasteiger partial charge < -0.3 is 14.4 Å². The number of pyridine rings is 1. The monoisotopic (exact) mass is 520 g/mol. The van der Waals surface area contributed by atoms with Gasteiger partial charge >= 0.3 is 6.18 Å². The molecule has 5 nitrogen and oxygen atoms in total. The Balaban J connectivity index is 0.00000115. The molecule has 1 aromatic heterocycles. The number of hydrogen-bond donors (Lipinski definition) is 0. The third kappa shape index (κ3) is 7.68. The number of methoxy groups -OCH3 is 1. The summed E-state index contributed by atoms with van der Waals surface area (Å²) in [7, 11) is 1.18. The summed E-state index contributed by atoms with van der Waals surface area (Å²) >= 11 is 0. The molecule has 3 aromatic rings. The van der Waals surface area contributed by atoms with E-state index in [-0.39, 0.29) is 30.6 Å². The first-order valence-electron chi connectivity index (χ1n) is 12.1. The van der Waals surface area contributed by atoms with Gasteiger partial charge in [0.1, 0.15) is 18.2 Å². The summed E-state index contributed by atoms with van der Waals surface area (Å²) in [5.74, 6) is -0.634. The van der Waals surface area contributed by atoms with Gasteiger partial charge in [-0.3, -0.25) is 4.79 Å². The Labute approximate surface area is 215 Å². The van der Waals surface area contributed by atoms with Crippen molar-refractivity contribution in [1.29, 1.82) is 0 Å². The summed E-state index contributed by atoms with van der Waals surface area (Å²) < 4.78 is 63.6. The minimum absolute atomic E-state index is 0.0309. The second-order valence-electron chi connectivity index (χ2n) is 7.57. The van der Waals surface area contributed by atoms with E-state index in [1.165, 1.54) is 36.3 Å². The SMILES string of the molecule is CC.CC.COc1ccc(CN2CCc3nc(OCc4cccc(F)c4)ccc3C2=O)cc1C(F)(F)F. The standard InChI is InChI=1S/C24H20F4N2O3.2C2H6/c1-32-21-7-5-15(12-19(21)24(26,27)28)13-30-10-9-20-18(23(30)31)6-8-22(29-20)33-14-16-3-2-4-17(25)11-16;2*1-2/h2-8,11-12H,9-10,13-14H2,1H3;2*1-2H3. The molecule has 0 N–H and O–H groups in total. The number of benzene rings is 2. The Morgan fingerprint density at radius 3 is 2.35 bits per heavy atom. The molecule has 0 unspecified atom stereocenters. The van der Waals surface area contributed by atoms with Crippen LogP contribution in [-0.2, 0) is 25.7 Å². The van der Waals surface area contributed by atoms with Crippen molar-refractivity contribution in [3.8, 4) is 11.6 Å². The summed E-state index contributed by atoms with van der Waals surface area (Å²) in [4.78, 5) is 18.8. The highest BCUT2D eigenvalue weighted by atomic mass is 19.4. The first kappa shape index (κ1) is 29.6. The molecule has 4 rings (SSSR count). The third-order valence-electron chi connectivity index (χ3n) is 5.30. The second kappa shape index (κ2) is 13.6. The van der Waals surface area contributed by atoms with Crippen LogP contribution in [-0.4, -0.2) is 29.4 Å². The fourth-order valence-electron chi connectivity index (χ4n) is 3.69. The maximum atomic E-state index is 13.3. The number of hydrogen-bond acceptors (Lipinski definition) is 4. The van der Waals surface area contributed by atoms with Crippen molar-refractivity contribution >= 4 is 5.91 Å². The molecule has 1 aliphatic heterocycles. The largest absolute Gasteiger partial charge is 0.496 e. The average molecular weight is 521 g/mol. The Bertz CT molecular complexity index is 1180. The van der Waals surface area contributed by atoms with Gasteiger partial charge in [0.05, 0.1) is 23.9 Å². The molecule has 2 aromatic carbocycles. The van der Waals surface area contributed by atoms with E-state index in [1.54, 1.807) is 24.3 Å². The molecule has 0 fully saturated rings. The molecule has 0 saturated heterocycles. The van der Waals surface area contributed by atoms with Gasteiger partial charge in [-0.05, 0) is 41.5 Å². The van der Waals surface area contributed by atoms with Crippen molar-refractivity contribution in [3.63, 3.8) is 0 Å². The number of carbonyl (C=O) groups excluding carboxylic acids is 1. The summed E-state index contributed by atoms with van der Waals surface area (Å²) in [6, 6.07) is 12.9. The molecular formula is C28H32F4N2O3. The van der Waals surface area contributed by atoms with Crippen molar-refractivity contribution in [3.05, 3.63) is 88.4 Å². The van der Waals surface area contributed by atoms with E-state index in [0.717, 1.165) is 6.07 Å². The van der Waals surface area contributed by atoms with Crippen LogP contribution in [0.25, 0.3) is 0 Å². The topological polar surface area (TPSA) is 51.7 Å².